The van der Waals surface area contributed by atoms with Gasteiger partial charge in [0.05, 0.1) is 6.61 Å². The number of hydrogen-bond donors (Lipinski definition) is 1. The van der Waals surface area contributed by atoms with Gasteiger partial charge in [-0.1, -0.05) is 25.5 Å². The summed E-state index contributed by atoms with van der Waals surface area (Å²) < 4.78 is 5.26. The Balaban J connectivity index is 1.92. The summed E-state index contributed by atoms with van der Waals surface area (Å²) >= 11 is 0. The standard InChI is InChI=1S/C16H26N2O/c1-4-5-15(12-19-3)17-11-13-6-7-16-14(10-13)8-9-18(16)2/h6-7,10,15,17H,4-5,8-9,11-12H2,1-3H3. The summed E-state index contributed by atoms with van der Waals surface area (Å²) in [5.41, 5.74) is 4.26. The molecule has 2 rings (SSSR count). The van der Waals surface area contributed by atoms with E-state index in [4.69, 9.17) is 4.74 Å². The number of methoxy groups -OCH3 is 1. The Morgan fingerprint density at radius 3 is 3.00 bits per heavy atom. The third-order valence-electron chi connectivity index (χ3n) is 3.87. The van der Waals surface area contributed by atoms with Gasteiger partial charge in [-0.05, 0) is 30.0 Å². The van der Waals surface area contributed by atoms with Crippen LogP contribution in [0.25, 0.3) is 0 Å². The fraction of sp³-hybridized carbons (Fsp3) is 0.625. The van der Waals surface area contributed by atoms with Crippen LogP contribution in [-0.2, 0) is 17.7 Å². The van der Waals surface area contributed by atoms with Gasteiger partial charge in [0.25, 0.3) is 0 Å². The predicted molar refractivity (Wildman–Crippen MR) is 80.8 cm³/mol. The van der Waals surface area contributed by atoms with Gasteiger partial charge in [-0.3, -0.25) is 0 Å². The molecule has 0 bridgehead atoms. The lowest BCUT2D eigenvalue weighted by molar-refractivity contribution is 0.161. The van der Waals surface area contributed by atoms with E-state index in [0.717, 1.165) is 19.7 Å². The number of nitrogens with one attached hydrogen (secondary N) is 1. The molecule has 0 aliphatic carbocycles. The Morgan fingerprint density at radius 2 is 2.26 bits per heavy atom. The van der Waals surface area contributed by atoms with Crippen molar-refractivity contribution in [1.82, 2.24) is 5.32 Å². The second kappa shape index (κ2) is 6.92. The van der Waals surface area contributed by atoms with Crippen molar-refractivity contribution < 1.29 is 4.74 Å². The Bertz CT molecular complexity index is 400. The quantitative estimate of drug-likeness (QED) is 0.817. The average Bonchev–Trinajstić information content (AvgIpc) is 2.78. The highest BCUT2D eigenvalue weighted by molar-refractivity contribution is 5.58. The minimum atomic E-state index is 0.464. The Morgan fingerprint density at radius 1 is 1.42 bits per heavy atom. The number of rotatable bonds is 7. The van der Waals surface area contributed by atoms with Crippen molar-refractivity contribution in [3.05, 3.63) is 29.3 Å². The molecule has 1 aliphatic rings. The highest BCUT2D eigenvalue weighted by Crippen LogP contribution is 2.27. The van der Waals surface area contributed by atoms with Crippen LogP contribution in [0.15, 0.2) is 18.2 Å². The Labute approximate surface area is 116 Å². The lowest BCUT2D eigenvalue weighted by Crippen LogP contribution is -2.32. The molecule has 0 fully saturated rings. The summed E-state index contributed by atoms with van der Waals surface area (Å²) in [4.78, 5) is 2.33. The van der Waals surface area contributed by atoms with Crippen LogP contribution in [0, 0.1) is 0 Å². The number of hydrogen-bond acceptors (Lipinski definition) is 3. The first-order chi connectivity index (χ1) is 9.24. The van der Waals surface area contributed by atoms with Crippen LogP contribution in [0.1, 0.15) is 30.9 Å². The highest BCUT2D eigenvalue weighted by atomic mass is 16.5. The van der Waals surface area contributed by atoms with Crippen molar-refractivity contribution in [2.45, 2.75) is 38.8 Å². The molecule has 3 nitrogen and oxygen atoms in total. The molecule has 0 amide bonds. The van der Waals surface area contributed by atoms with Crippen molar-refractivity contribution >= 4 is 5.69 Å². The monoisotopic (exact) mass is 262 g/mol. The summed E-state index contributed by atoms with van der Waals surface area (Å²) in [6.07, 6.45) is 3.54. The van der Waals surface area contributed by atoms with E-state index in [1.807, 2.05) is 0 Å². The highest BCUT2D eigenvalue weighted by Gasteiger charge is 2.15. The van der Waals surface area contributed by atoms with E-state index in [9.17, 15) is 0 Å². The second-order valence-corrected chi connectivity index (χ2v) is 5.46. The number of anilines is 1. The van der Waals surface area contributed by atoms with Crippen LogP contribution in [0.4, 0.5) is 5.69 Å². The van der Waals surface area contributed by atoms with Gasteiger partial charge in [-0.15, -0.1) is 0 Å². The number of likely N-dealkylation sites (N-methyl/N-ethyl adjacent to an activating group) is 1. The number of ether oxygens (including phenoxy) is 1. The molecule has 0 spiro atoms. The lowest BCUT2D eigenvalue weighted by atomic mass is 10.1. The normalized spacial score (nSPS) is 15.6. The summed E-state index contributed by atoms with van der Waals surface area (Å²) in [6, 6.07) is 7.31. The molecule has 0 saturated carbocycles. The van der Waals surface area contributed by atoms with Crippen molar-refractivity contribution in [2.75, 3.05) is 32.2 Å². The van der Waals surface area contributed by atoms with Crippen LogP contribution in [0.5, 0.6) is 0 Å². The molecule has 1 heterocycles. The maximum absolute atomic E-state index is 5.26. The van der Waals surface area contributed by atoms with E-state index >= 15 is 0 Å². The number of benzene rings is 1. The van der Waals surface area contributed by atoms with Gasteiger partial charge < -0.3 is 15.0 Å². The van der Waals surface area contributed by atoms with Crippen molar-refractivity contribution in [2.24, 2.45) is 0 Å². The molecule has 1 atom stereocenters. The van der Waals surface area contributed by atoms with Crippen LogP contribution in [0.3, 0.4) is 0 Å². The lowest BCUT2D eigenvalue weighted by Gasteiger charge is -2.18. The molecule has 3 heteroatoms. The average molecular weight is 262 g/mol. The molecular weight excluding hydrogens is 236 g/mol. The van der Waals surface area contributed by atoms with Gasteiger partial charge >= 0.3 is 0 Å². The fourth-order valence-electron chi connectivity index (χ4n) is 2.79. The topological polar surface area (TPSA) is 24.5 Å². The molecule has 106 valence electrons. The first-order valence-corrected chi connectivity index (χ1v) is 7.29. The molecule has 1 aliphatic heterocycles. The largest absolute Gasteiger partial charge is 0.383 e. The predicted octanol–water partition coefficient (Wildman–Crippen LogP) is 2.58. The maximum atomic E-state index is 5.26. The summed E-state index contributed by atoms with van der Waals surface area (Å²) in [5, 5.41) is 3.60. The molecule has 1 aromatic carbocycles. The van der Waals surface area contributed by atoms with E-state index in [1.165, 1.54) is 36.1 Å². The summed E-state index contributed by atoms with van der Waals surface area (Å²) in [7, 11) is 3.94. The molecule has 0 radical (unpaired) electrons. The SMILES string of the molecule is CCCC(COC)NCc1ccc2c(c1)CCN2C. The summed E-state index contributed by atoms with van der Waals surface area (Å²) in [6.45, 7) is 5.09. The van der Waals surface area contributed by atoms with Gasteiger partial charge in [-0.2, -0.15) is 0 Å². The van der Waals surface area contributed by atoms with Crippen molar-refractivity contribution in [3.63, 3.8) is 0 Å². The van der Waals surface area contributed by atoms with Gasteiger partial charge in [-0.25, -0.2) is 0 Å². The van der Waals surface area contributed by atoms with Gasteiger partial charge in [0.1, 0.15) is 0 Å². The molecule has 1 aromatic rings. The zero-order valence-corrected chi connectivity index (χ0v) is 12.4. The number of nitrogens with zero attached hydrogens (tertiary/aromatic N) is 1. The van der Waals surface area contributed by atoms with E-state index in [0.29, 0.717) is 6.04 Å². The van der Waals surface area contributed by atoms with Crippen LogP contribution < -0.4 is 10.2 Å². The second-order valence-electron chi connectivity index (χ2n) is 5.46. The molecule has 1 unspecified atom stereocenters. The molecule has 0 saturated heterocycles. The van der Waals surface area contributed by atoms with Crippen molar-refractivity contribution in [1.29, 1.82) is 0 Å². The minimum absolute atomic E-state index is 0.464. The first-order valence-electron chi connectivity index (χ1n) is 7.29. The first kappa shape index (κ1) is 14.4. The third kappa shape index (κ3) is 3.71. The van der Waals surface area contributed by atoms with Gasteiger partial charge in [0.2, 0.25) is 0 Å². The molecular formula is C16H26N2O. The van der Waals surface area contributed by atoms with Gasteiger partial charge in [0, 0.05) is 39.0 Å². The van der Waals surface area contributed by atoms with E-state index in [2.05, 4.69) is 42.4 Å². The zero-order chi connectivity index (χ0) is 13.7. The number of fused-ring (bicyclic) bond motifs is 1. The Hall–Kier alpha value is -1.06. The minimum Gasteiger partial charge on any atom is -0.383 e. The van der Waals surface area contributed by atoms with Crippen LogP contribution in [-0.4, -0.2) is 33.4 Å². The smallest absolute Gasteiger partial charge is 0.0615 e. The van der Waals surface area contributed by atoms with Crippen molar-refractivity contribution in [3.8, 4) is 0 Å². The Kier molecular flexibility index (Phi) is 5.23. The zero-order valence-electron chi connectivity index (χ0n) is 12.4. The van der Waals surface area contributed by atoms with E-state index in [1.54, 1.807) is 7.11 Å². The molecule has 19 heavy (non-hydrogen) atoms. The maximum Gasteiger partial charge on any atom is 0.0615 e. The third-order valence-corrected chi connectivity index (χ3v) is 3.87. The fourth-order valence-corrected chi connectivity index (χ4v) is 2.79. The summed E-state index contributed by atoms with van der Waals surface area (Å²) in [5.74, 6) is 0. The molecule has 1 N–H and O–H groups in total. The van der Waals surface area contributed by atoms with Gasteiger partial charge in [0.15, 0.2) is 0 Å². The van der Waals surface area contributed by atoms with E-state index in [-0.39, 0.29) is 0 Å². The molecule has 0 aromatic heterocycles. The van der Waals surface area contributed by atoms with E-state index < -0.39 is 0 Å². The van der Waals surface area contributed by atoms with Crippen LogP contribution >= 0.6 is 0 Å². The van der Waals surface area contributed by atoms with Crippen LogP contribution in [0.2, 0.25) is 0 Å².